The fourth-order valence-electron chi connectivity index (χ4n) is 2.35. The predicted octanol–water partition coefficient (Wildman–Crippen LogP) is 2.83. The van der Waals surface area contributed by atoms with Crippen LogP contribution in [0, 0.1) is 6.92 Å². The Labute approximate surface area is 194 Å². The van der Waals surface area contributed by atoms with Gasteiger partial charge in [0, 0.05) is 39.0 Å². The van der Waals surface area contributed by atoms with Crippen molar-refractivity contribution in [2.24, 2.45) is 4.99 Å². The van der Waals surface area contributed by atoms with Gasteiger partial charge in [-0.15, -0.1) is 35.3 Å². The number of hydrogen-bond acceptors (Lipinski definition) is 5. The number of nitrogens with one attached hydrogen (secondary N) is 2. The van der Waals surface area contributed by atoms with Gasteiger partial charge in [-0.25, -0.2) is 9.98 Å². The van der Waals surface area contributed by atoms with Crippen molar-refractivity contribution < 1.29 is 9.53 Å². The number of thiazole rings is 1. The minimum Gasteiger partial charge on any atom is -0.484 e. The van der Waals surface area contributed by atoms with Gasteiger partial charge >= 0.3 is 0 Å². The Kier molecular flexibility index (Phi) is 11.6. The molecule has 0 fully saturated rings. The van der Waals surface area contributed by atoms with Crippen LogP contribution in [0.4, 0.5) is 0 Å². The second-order valence-corrected chi connectivity index (χ2v) is 7.52. The average Bonchev–Trinajstić information content (AvgIpc) is 3.09. The Hall–Kier alpha value is -1.88. The molecule has 0 saturated heterocycles. The van der Waals surface area contributed by atoms with Crippen molar-refractivity contribution in [3.63, 3.8) is 0 Å². The number of carbonyl (C=O) groups excluding carboxylic acids is 1. The molecule has 2 rings (SSSR count). The summed E-state index contributed by atoms with van der Waals surface area (Å²) >= 11 is 1.67. The number of carbonyl (C=O) groups is 1. The van der Waals surface area contributed by atoms with Gasteiger partial charge in [-0.3, -0.25) is 4.79 Å². The first kappa shape index (κ1) is 25.2. The lowest BCUT2D eigenvalue weighted by Crippen LogP contribution is -2.38. The summed E-state index contributed by atoms with van der Waals surface area (Å²) in [4.78, 5) is 22.3. The molecule has 1 aromatic carbocycles. The minimum atomic E-state index is -0.0719. The molecule has 0 aliphatic heterocycles. The number of amides is 1. The Balaban J connectivity index is 0.00000420. The number of nitrogens with zero attached hydrogens (tertiary/aromatic N) is 3. The van der Waals surface area contributed by atoms with Crippen molar-refractivity contribution in [2.75, 3.05) is 33.8 Å². The number of ether oxygens (including phenoxy) is 1. The van der Waals surface area contributed by atoms with Crippen LogP contribution in [0.25, 0.3) is 0 Å². The standard InChI is InChI=1S/C20H29N5O2S.HI/c1-5-21-20(22-10-9-17-14-28-15(2)24-17)23-12-16-7-6-8-18(11-16)27-13-19(26)25(3)4;/h6-8,11,14H,5,9-10,12-13H2,1-4H3,(H2,21,22,23);1H. The third-order valence-corrected chi connectivity index (χ3v) is 4.69. The van der Waals surface area contributed by atoms with Crippen LogP contribution in [0.3, 0.4) is 0 Å². The first-order chi connectivity index (χ1) is 13.5. The van der Waals surface area contributed by atoms with E-state index >= 15 is 0 Å². The van der Waals surface area contributed by atoms with Crippen LogP contribution in [0.1, 0.15) is 23.2 Å². The van der Waals surface area contributed by atoms with Crippen LogP contribution in [0.5, 0.6) is 5.75 Å². The van der Waals surface area contributed by atoms with Crippen LogP contribution < -0.4 is 15.4 Å². The monoisotopic (exact) mass is 531 g/mol. The highest BCUT2D eigenvalue weighted by atomic mass is 127. The van der Waals surface area contributed by atoms with Gasteiger partial charge in [0.1, 0.15) is 5.75 Å². The third-order valence-electron chi connectivity index (χ3n) is 3.86. The van der Waals surface area contributed by atoms with E-state index in [-0.39, 0.29) is 36.5 Å². The molecule has 0 spiro atoms. The molecule has 0 radical (unpaired) electrons. The Morgan fingerprint density at radius 2 is 2.10 bits per heavy atom. The highest BCUT2D eigenvalue weighted by molar-refractivity contribution is 14.0. The number of hydrogen-bond donors (Lipinski definition) is 2. The van der Waals surface area contributed by atoms with Crippen molar-refractivity contribution >= 4 is 47.2 Å². The molecular formula is C20H30IN5O2S. The summed E-state index contributed by atoms with van der Waals surface area (Å²) in [5.41, 5.74) is 2.12. The summed E-state index contributed by atoms with van der Waals surface area (Å²) < 4.78 is 5.56. The van der Waals surface area contributed by atoms with Crippen molar-refractivity contribution in [3.05, 3.63) is 45.9 Å². The van der Waals surface area contributed by atoms with E-state index in [1.165, 1.54) is 4.90 Å². The summed E-state index contributed by atoms with van der Waals surface area (Å²) in [5, 5.41) is 9.77. The molecule has 2 aromatic rings. The summed E-state index contributed by atoms with van der Waals surface area (Å²) in [6, 6.07) is 7.65. The van der Waals surface area contributed by atoms with E-state index < -0.39 is 0 Å². The lowest BCUT2D eigenvalue weighted by molar-refractivity contribution is -0.130. The van der Waals surface area contributed by atoms with Gasteiger partial charge < -0.3 is 20.3 Å². The van der Waals surface area contributed by atoms with Crippen LogP contribution >= 0.6 is 35.3 Å². The van der Waals surface area contributed by atoms with E-state index in [2.05, 4.69) is 26.0 Å². The first-order valence-corrected chi connectivity index (χ1v) is 10.2. The zero-order chi connectivity index (χ0) is 20.4. The number of likely N-dealkylation sites (N-methyl/N-ethyl adjacent to an activating group) is 1. The highest BCUT2D eigenvalue weighted by Crippen LogP contribution is 2.14. The summed E-state index contributed by atoms with van der Waals surface area (Å²) in [7, 11) is 3.42. The van der Waals surface area contributed by atoms with E-state index in [1.54, 1.807) is 25.4 Å². The predicted molar refractivity (Wildman–Crippen MR) is 129 cm³/mol. The number of rotatable bonds is 9. The lowest BCUT2D eigenvalue weighted by Gasteiger charge is -2.12. The van der Waals surface area contributed by atoms with Gasteiger partial charge in [-0.1, -0.05) is 12.1 Å². The van der Waals surface area contributed by atoms with Gasteiger partial charge in [-0.2, -0.15) is 0 Å². The molecule has 29 heavy (non-hydrogen) atoms. The molecule has 160 valence electrons. The summed E-state index contributed by atoms with van der Waals surface area (Å²) in [5.74, 6) is 1.36. The fourth-order valence-corrected chi connectivity index (χ4v) is 3.00. The summed E-state index contributed by atoms with van der Waals surface area (Å²) in [6.07, 6.45) is 0.859. The molecule has 7 nitrogen and oxygen atoms in total. The molecule has 0 unspecified atom stereocenters. The molecule has 0 bridgehead atoms. The Bertz CT molecular complexity index is 795. The van der Waals surface area contributed by atoms with Gasteiger partial charge in [0.15, 0.2) is 12.6 Å². The smallest absolute Gasteiger partial charge is 0.259 e. The Morgan fingerprint density at radius 1 is 1.31 bits per heavy atom. The number of aromatic nitrogens is 1. The van der Waals surface area contributed by atoms with Gasteiger partial charge in [-0.05, 0) is 31.5 Å². The number of benzene rings is 1. The topological polar surface area (TPSA) is 78.9 Å². The maximum atomic E-state index is 11.7. The zero-order valence-electron chi connectivity index (χ0n) is 17.4. The van der Waals surface area contributed by atoms with Crippen LogP contribution in [-0.4, -0.2) is 55.5 Å². The fraction of sp³-hybridized carbons (Fsp3) is 0.450. The quantitative estimate of drug-likeness (QED) is 0.296. The molecular weight excluding hydrogens is 501 g/mol. The number of aliphatic imine (C=N–C) groups is 1. The molecule has 2 N–H and O–H groups in total. The second-order valence-electron chi connectivity index (χ2n) is 6.45. The average molecular weight is 531 g/mol. The van der Waals surface area contributed by atoms with Gasteiger partial charge in [0.25, 0.3) is 5.91 Å². The largest absolute Gasteiger partial charge is 0.484 e. The number of halogens is 1. The van der Waals surface area contributed by atoms with E-state index in [4.69, 9.17) is 4.74 Å². The van der Waals surface area contributed by atoms with Gasteiger partial charge in [0.05, 0.1) is 17.2 Å². The molecule has 0 aliphatic carbocycles. The van der Waals surface area contributed by atoms with E-state index in [0.717, 1.165) is 41.7 Å². The maximum Gasteiger partial charge on any atom is 0.259 e. The van der Waals surface area contributed by atoms with Crippen molar-refractivity contribution in [1.82, 2.24) is 20.5 Å². The van der Waals surface area contributed by atoms with Crippen LogP contribution in [0.2, 0.25) is 0 Å². The number of aryl methyl sites for hydroxylation is 1. The molecule has 1 amide bonds. The third kappa shape index (κ3) is 9.44. The van der Waals surface area contributed by atoms with Crippen molar-refractivity contribution in [1.29, 1.82) is 0 Å². The van der Waals surface area contributed by atoms with Crippen molar-refractivity contribution in [3.8, 4) is 5.75 Å². The molecule has 0 aliphatic rings. The molecule has 9 heteroatoms. The van der Waals surface area contributed by atoms with Gasteiger partial charge in [0.2, 0.25) is 0 Å². The minimum absolute atomic E-state index is 0. The highest BCUT2D eigenvalue weighted by Gasteiger charge is 2.05. The SMILES string of the molecule is CCNC(=NCc1cccc(OCC(=O)N(C)C)c1)NCCc1csc(C)n1.I. The molecule has 1 heterocycles. The first-order valence-electron chi connectivity index (χ1n) is 9.33. The second kappa shape index (κ2) is 13.4. The lowest BCUT2D eigenvalue weighted by atomic mass is 10.2. The normalized spacial score (nSPS) is 10.8. The summed E-state index contributed by atoms with van der Waals surface area (Å²) in [6.45, 7) is 6.16. The molecule has 1 aromatic heterocycles. The van der Waals surface area contributed by atoms with E-state index in [9.17, 15) is 4.79 Å². The molecule has 0 atom stereocenters. The molecule has 0 saturated carbocycles. The number of guanidine groups is 1. The van der Waals surface area contributed by atoms with Crippen molar-refractivity contribution in [2.45, 2.75) is 26.8 Å². The van der Waals surface area contributed by atoms with Crippen LogP contribution in [0.15, 0.2) is 34.6 Å². The van der Waals surface area contributed by atoms with E-state index in [1.807, 2.05) is 38.1 Å². The maximum absolute atomic E-state index is 11.7. The van der Waals surface area contributed by atoms with E-state index in [0.29, 0.717) is 12.3 Å². The zero-order valence-corrected chi connectivity index (χ0v) is 20.5. The Morgan fingerprint density at radius 3 is 2.76 bits per heavy atom. The van der Waals surface area contributed by atoms with Crippen LogP contribution in [-0.2, 0) is 17.8 Å².